The normalized spacial score (nSPS) is 11.2. The number of rotatable bonds is 8. The van der Waals surface area contributed by atoms with Crippen LogP contribution in [-0.4, -0.2) is 39.9 Å². The first-order valence-corrected chi connectivity index (χ1v) is 10.8. The SMILES string of the molecule is COc1ccc(NS(=O)(=O)c2cccc(C(=O)N/N=C/c3cccc(OC)c3O)c2)cc1. The highest BCUT2D eigenvalue weighted by Crippen LogP contribution is 2.28. The zero-order chi connectivity index (χ0) is 23.1. The fourth-order valence-electron chi connectivity index (χ4n) is 2.71. The van der Waals surface area contributed by atoms with E-state index in [2.05, 4.69) is 15.2 Å². The standard InChI is InChI=1S/C22H21N3O6S/c1-30-18-11-9-17(10-12-18)25-32(28,29)19-7-3-5-15(13-19)22(27)24-23-14-16-6-4-8-20(31-2)21(16)26/h3-14,25-26H,1-2H3,(H,24,27)/b23-14+. The Hall–Kier alpha value is -4.05. The zero-order valence-corrected chi connectivity index (χ0v) is 18.1. The van der Waals surface area contributed by atoms with Gasteiger partial charge in [0.1, 0.15) is 5.75 Å². The number of anilines is 1. The van der Waals surface area contributed by atoms with Gasteiger partial charge in [0.25, 0.3) is 15.9 Å². The van der Waals surface area contributed by atoms with Crippen LogP contribution < -0.4 is 19.6 Å². The zero-order valence-electron chi connectivity index (χ0n) is 17.3. The molecule has 0 fully saturated rings. The molecule has 3 N–H and O–H groups in total. The van der Waals surface area contributed by atoms with Gasteiger partial charge < -0.3 is 14.6 Å². The number of aromatic hydroxyl groups is 1. The molecule has 1 amide bonds. The van der Waals surface area contributed by atoms with Gasteiger partial charge >= 0.3 is 0 Å². The Bertz CT molecular complexity index is 1240. The van der Waals surface area contributed by atoms with Crippen LogP contribution >= 0.6 is 0 Å². The van der Waals surface area contributed by atoms with Crippen molar-refractivity contribution < 1.29 is 27.8 Å². The smallest absolute Gasteiger partial charge is 0.271 e. The van der Waals surface area contributed by atoms with Gasteiger partial charge in [-0.3, -0.25) is 9.52 Å². The van der Waals surface area contributed by atoms with Crippen LogP contribution in [0, 0.1) is 0 Å². The molecule has 0 heterocycles. The summed E-state index contributed by atoms with van der Waals surface area (Å²) in [4.78, 5) is 12.3. The highest BCUT2D eigenvalue weighted by molar-refractivity contribution is 7.92. The van der Waals surface area contributed by atoms with E-state index in [-0.39, 0.29) is 22.0 Å². The van der Waals surface area contributed by atoms with Gasteiger partial charge in [-0.05, 0) is 54.6 Å². The molecular weight excluding hydrogens is 434 g/mol. The van der Waals surface area contributed by atoms with Gasteiger partial charge in [-0.2, -0.15) is 5.10 Å². The van der Waals surface area contributed by atoms with Crippen LogP contribution in [0.1, 0.15) is 15.9 Å². The van der Waals surface area contributed by atoms with Crippen molar-refractivity contribution in [2.24, 2.45) is 5.10 Å². The summed E-state index contributed by atoms with van der Waals surface area (Å²) in [6.07, 6.45) is 1.25. The number of methoxy groups -OCH3 is 2. The van der Waals surface area contributed by atoms with E-state index in [1.54, 1.807) is 42.5 Å². The Morgan fingerprint density at radius 3 is 2.41 bits per heavy atom. The maximum atomic E-state index is 12.7. The summed E-state index contributed by atoms with van der Waals surface area (Å²) < 4.78 is 37.9. The molecule has 3 rings (SSSR count). The predicted octanol–water partition coefficient (Wildman–Crippen LogP) is 2.97. The van der Waals surface area contributed by atoms with Crippen molar-refractivity contribution in [1.29, 1.82) is 0 Å². The molecule has 3 aromatic rings. The maximum absolute atomic E-state index is 12.7. The van der Waals surface area contributed by atoms with Gasteiger partial charge in [-0.1, -0.05) is 12.1 Å². The summed E-state index contributed by atoms with van der Waals surface area (Å²) in [5, 5.41) is 13.9. The van der Waals surface area contributed by atoms with Crippen LogP contribution in [0.15, 0.2) is 76.7 Å². The van der Waals surface area contributed by atoms with Gasteiger partial charge in [-0.15, -0.1) is 0 Å². The number of sulfonamides is 1. The van der Waals surface area contributed by atoms with Crippen LogP contribution in [0.2, 0.25) is 0 Å². The molecule has 0 saturated carbocycles. The lowest BCUT2D eigenvalue weighted by Crippen LogP contribution is -2.19. The molecule has 3 aromatic carbocycles. The Labute approximate surface area is 185 Å². The molecule has 0 radical (unpaired) electrons. The third kappa shape index (κ3) is 5.35. The number of phenolic OH excluding ortho intramolecular Hbond substituents is 1. The molecule has 0 aliphatic carbocycles. The second kappa shape index (κ2) is 9.84. The minimum Gasteiger partial charge on any atom is -0.504 e. The summed E-state index contributed by atoms with van der Waals surface area (Å²) in [5.74, 6) is 0.118. The number of hydrogen-bond acceptors (Lipinski definition) is 7. The van der Waals surface area contributed by atoms with Crippen molar-refractivity contribution in [3.63, 3.8) is 0 Å². The largest absolute Gasteiger partial charge is 0.504 e. The summed E-state index contributed by atoms with van der Waals surface area (Å²) in [7, 11) is -0.990. The first-order chi connectivity index (χ1) is 15.3. The van der Waals surface area contributed by atoms with Crippen LogP contribution in [0.3, 0.4) is 0 Å². The van der Waals surface area contributed by atoms with Crippen molar-refractivity contribution in [3.05, 3.63) is 77.9 Å². The Balaban J connectivity index is 1.72. The van der Waals surface area contributed by atoms with Crippen molar-refractivity contribution in [2.75, 3.05) is 18.9 Å². The number of carbonyl (C=O) groups is 1. The van der Waals surface area contributed by atoms with E-state index in [4.69, 9.17) is 9.47 Å². The van der Waals surface area contributed by atoms with Gasteiger partial charge in [0.15, 0.2) is 11.5 Å². The first kappa shape index (κ1) is 22.6. The van der Waals surface area contributed by atoms with Crippen LogP contribution in [-0.2, 0) is 10.0 Å². The van der Waals surface area contributed by atoms with Crippen molar-refractivity contribution in [3.8, 4) is 17.2 Å². The van der Waals surface area contributed by atoms with E-state index < -0.39 is 15.9 Å². The number of para-hydroxylation sites is 1. The average molecular weight is 455 g/mol. The summed E-state index contributed by atoms with van der Waals surface area (Å²) in [6, 6.07) is 16.7. The molecule has 32 heavy (non-hydrogen) atoms. The number of nitrogens with zero attached hydrogens (tertiary/aromatic N) is 1. The molecule has 0 bridgehead atoms. The minimum absolute atomic E-state index is 0.0876. The number of carbonyl (C=O) groups excluding carboxylic acids is 1. The molecule has 0 aromatic heterocycles. The highest BCUT2D eigenvalue weighted by Gasteiger charge is 2.16. The molecule has 0 unspecified atom stereocenters. The van der Waals surface area contributed by atoms with Crippen LogP contribution in [0.5, 0.6) is 17.2 Å². The number of amides is 1. The fourth-order valence-corrected chi connectivity index (χ4v) is 3.81. The Kier molecular flexibility index (Phi) is 6.96. The number of hydrazone groups is 1. The van der Waals surface area contributed by atoms with Crippen molar-refractivity contribution >= 4 is 27.8 Å². The van der Waals surface area contributed by atoms with Crippen molar-refractivity contribution in [1.82, 2.24) is 5.43 Å². The monoisotopic (exact) mass is 455 g/mol. The molecule has 0 aliphatic heterocycles. The Morgan fingerprint density at radius 1 is 1.00 bits per heavy atom. The van der Waals surface area contributed by atoms with Gasteiger partial charge in [-0.25, -0.2) is 13.8 Å². The molecule has 0 aliphatic rings. The first-order valence-electron chi connectivity index (χ1n) is 9.30. The summed E-state index contributed by atoms with van der Waals surface area (Å²) >= 11 is 0. The number of phenols is 1. The van der Waals surface area contributed by atoms with E-state index in [0.717, 1.165) is 0 Å². The lowest BCUT2D eigenvalue weighted by Gasteiger charge is -2.10. The minimum atomic E-state index is -3.92. The quantitative estimate of drug-likeness (QED) is 0.354. The topological polar surface area (TPSA) is 126 Å². The van der Waals surface area contributed by atoms with Gasteiger partial charge in [0.05, 0.1) is 25.3 Å². The lowest BCUT2D eigenvalue weighted by molar-refractivity contribution is 0.0955. The van der Waals surface area contributed by atoms with E-state index in [9.17, 15) is 18.3 Å². The second-order valence-corrected chi connectivity index (χ2v) is 8.14. The van der Waals surface area contributed by atoms with Crippen LogP contribution in [0.25, 0.3) is 0 Å². The van der Waals surface area contributed by atoms with E-state index in [1.165, 1.54) is 44.7 Å². The molecule has 166 valence electrons. The summed E-state index contributed by atoms with van der Waals surface area (Å²) in [6.45, 7) is 0. The number of benzene rings is 3. The molecule has 9 nitrogen and oxygen atoms in total. The average Bonchev–Trinajstić information content (AvgIpc) is 2.80. The third-order valence-electron chi connectivity index (χ3n) is 4.37. The second-order valence-electron chi connectivity index (χ2n) is 6.46. The van der Waals surface area contributed by atoms with E-state index in [1.807, 2.05) is 0 Å². The lowest BCUT2D eigenvalue weighted by atomic mass is 10.2. The number of nitrogens with one attached hydrogen (secondary N) is 2. The number of ether oxygens (including phenoxy) is 2. The summed E-state index contributed by atoms with van der Waals surface area (Å²) in [5.41, 5.74) is 3.08. The fraction of sp³-hybridized carbons (Fsp3) is 0.0909. The predicted molar refractivity (Wildman–Crippen MR) is 120 cm³/mol. The van der Waals surface area contributed by atoms with Crippen molar-refractivity contribution in [2.45, 2.75) is 4.90 Å². The van der Waals surface area contributed by atoms with Gasteiger partial charge in [0.2, 0.25) is 0 Å². The molecular formula is C22H21N3O6S. The highest BCUT2D eigenvalue weighted by atomic mass is 32.2. The molecule has 0 saturated heterocycles. The van der Waals surface area contributed by atoms with Gasteiger partial charge in [0, 0.05) is 16.8 Å². The molecule has 0 atom stereocenters. The van der Waals surface area contributed by atoms with E-state index in [0.29, 0.717) is 17.0 Å². The molecule has 10 heteroatoms. The number of hydrogen-bond donors (Lipinski definition) is 3. The van der Waals surface area contributed by atoms with E-state index >= 15 is 0 Å². The van der Waals surface area contributed by atoms with Crippen LogP contribution in [0.4, 0.5) is 5.69 Å². The maximum Gasteiger partial charge on any atom is 0.271 e. The Morgan fingerprint density at radius 2 is 1.72 bits per heavy atom. The third-order valence-corrected chi connectivity index (χ3v) is 5.75. The molecule has 0 spiro atoms.